The predicted molar refractivity (Wildman–Crippen MR) is 60.1 cm³/mol. The summed E-state index contributed by atoms with van der Waals surface area (Å²) in [5, 5.41) is 8.98. The Bertz CT molecular complexity index is 424. The zero-order valence-corrected chi connectivity index (χ0v) is 9.53. The molecule has 2 atom stereocenters. The summed E-state index contributed by atoms with van der Waals surface area (Å²) in [4.78, 5) is 0. The maximum Gasteiger partial charge on any atom is 0.152 e. The average molecular weight is 229 g/mol. The van der Waals surface area contributed by atoms with Gasteiger partial charge in [0, 0.05) is 11.9 Å². The molecule has 3 N–H and O–H groups in total. The Labute approximate surface area is 89.7 Å². The van der Waals surface area contributed by atoms with Crippen LogP contribution in [0.5, 0.6) is 0 Å². The normalized spacial score (nSPS) is 15.9. The van der Waals surface area contributed by atoms with Crippen molar-refractivity contribution in [2.24, 2.45) is 0 Å². The summed E-state index contributed by atoms with van der Waals surface area (Å²) in [5.41, 5.74) is 6.63. The number of aliphatic hydroxyl groups is 1. The topological polar surface area (TPSA) is 80.4 Å². The molecule has 1 aromatic rings. The molecule has 0 unspecified atom stereocenters. The van der Waals surface area contributed by atoms with E-state index in [0.29, 0.717) is 11.3 Å². The number of nitrogens with two attached hydrogens (primary N) is 1. The van der Waals surface area contributed by atoms with E-state index in [2.05, 4.69) is 0 Å². The van der Waals surface area contributed by atoms with Crippen LogP contribution in [0.1, 0.15) is 18.6 Å². The van der Waals surface area contributed by atoms with Crippen LogP contribution in [0.15, 0.2) is 24.3 Å². The van der Waals surface area contributed by atoms with Crippen LogP contribution in [0, 0.1) is 0 Å². The van der Waals surface area contributed by atoms with E-state index in [1.54, 1.807) is 24.3 Å². The largest absolute Gasteiger partial charge is 0.399 e. The van der Waals surface area contributed by atoms with Crippen molar-refractivity contribution in [2.75, 3.05) is 12.0 Å². The first-order chi connectivity index (χ1) is 6.82. The smallest absolute Gasteiger partial charge is 0.152 e. The van der Waals surface area contributed by atoms with Crippen molar-refractivity contribution in [3.63, 3.8) is 0 Å². The quantitative estimate of drug-likeness (QED) is 0.749. The molecule has 0 saturated heterocycles. The van der Waals surface area contributed by atoms with Crippen molar-refractivity contribution in [3.05, 3.63) is 29.8 Å². The molecule has 0 saturated carbocycles. The highest BCUT2D eigenvalue weighted by Crippen LogP contribution is 2.22. The molecule has 0 bridgehead atoms. The van der Waals surface area contributed by atoms with Crippen LogP contribution in [0.2, 0.25) is 0 Å². The third-order valence-corrected chi connectivity index (χ3v) is 4.01. The third kappa shape index (κ3) is 2.94. The first kappa shape index (κ1) is 12.0. The van der Waals surface area contributed by atoms with Gasteiger partial charge in [0.05, 0.1) is 11.4 Å². The Kier molecular flexibility index (Phi) is 3.36. The van der Waals surface area contributed by atoms with E-state index in [0.717, 1.165) is 6.26 Å². The second-order valence-corrected chi connectivity index (χ2v) is 6.05. The van der Waals surface area contributed by atoms with E-state index in [4.69, 9.17) is 5.73 Å². The maximum atomic E-state index is 11.2. The van der Waals surface area contributed by atoms with E-state index in [9.17, 15) is 13.5 Å². The Morgan fingerprint density at radius 1 is 1.27 bits per heavy atom. The van der Waals surface area contributed by atoms with Gasteiger partial charge in [-0.3, -0.25) is 0 Å². The molecule has 0 spiro atoms. The second kappa shape index (κ2) is 4.20. The lowest BCUT2D eigenvalue weighted by atomic mass is 10.1. The minimum atomic E-state index is -3.24. The highest BCUT2D eigenvalue weighted by molar-refractivity contribution is 7.91. The lowest BCUT2D eigenvalue weighted by Gasteiger charge is -2.17. The summed E-state index contributed by atoms with van der Waals surface area (Å²) in [6, 6.07) is 6.52. The minimum absolute atomic E-state index is 0.558. The summed E-state index contributed by atoms with van der Waals surface area (Å²) in [6.07, 6.45) is 0.0960. The second-order valence-electron chi connectivity index (χ2n) is 3.65. The highest BCUT2D eigenvalue weighted by atomic mass is 32.2. The van der Waals surface area contributed by atoms with Gasteiger partial charge in [-0.2, -0.15) is 0 Å². The SMILES string of the molecule is C[C@H]([C@@H](O)c1ccc(N)cc1)S(C)(=O)=O. The minimum Gasteiger partial charge on any atom is -0.399 e. The molecule has 0 fully saturated rings. The Balaban J connectivity index is 2.95. The number of hydrogen-bond acceptors (Lipinski definition) is 4. The molecule has 1 aromatic carbocycles. The standard InChI is InChI=1S/C10H15NO3S/c1-7(15(2,13)14)10(12)8-3-5-9(11)6-4-8/h3-7,10,12H,11H2,1-2H3/t7-,10-/m1/s1. The van der Waals surface area contributed by atoms with Crippen molar-refractivity contribution in [3.8, 4) is 0 Å². The fraction of sp³-hybridized carbons (Fsp3) is 0.400. The van der Waals surface area contributed by atoms with E-state index >= 15 is 0 Å². The number of anilines is 1. The average Bonchev–Trinajstić information content (AvgIpc) is 2.15. The molecular formula is C10H15NO3S. The van der Waals surface area contributed by atoms with Gasteiger partial charge in [0.1, 0.15) is 0 Å². The predicted octanol–water partition coefficient (Wildman–Crippen LogP) is 0.735. The van der Waals surface area contributed by atoms with Gasteiger partial charge in [0.2, 0.25) is 0 Å². The lowest BCUT2D eigenvalue weighted by Crippen LogP contribution is -2.24. The molecule has 84 valence electrons. The molecule has 0 heterocycles. The molecule has 1 rings (SSSR count). The van der Waals surface area contributed by atoms with Gasteiger partial charge in [0.15, 0.2) is 9.84 Å². The Hall–Kier alpha value is -1.07. The van der Waals surface area contributed by atoms with Gasteiger partial charge in [-0.25, -0.2) is 8.42 Å². The highest BCUT2D eigenvalue weighted by Gasteiger charge is 2.25. The van der Waals surface area contributed by atoms with Gasteiger partial charge in [-0.15, -0.1) is 0 Å². The number of rotatable bonds is 3. The Morgan fingerprint density at radius 3 is 2.13 bits per heavy atom. The molecule has 0 amide bonds. The van der Waals surface area contributed by atoms with E-state index in [-0.39, 0.29) is 0 Å². The van der Waals surface area contributed by atoms with Gasteiger partial charge in [-0.1, -0.05) is 12.1 Å². The van der Waals surface area contributed by atoms with Crippen LogP contribution in [0.25, 0.3) is 0 Å². The van der Waals surface area contributed by atoms with Crippen molar-refractivity contribution >= 4 is 15.5 Å². The number of aliphatic hydroxyl groups excluding tert-OH is 1. The van der Waals surface area contributed by atoms with Crippen molar-refractivity contribution in [2.45, 2.75) is 18.3 Å². The van der Waals surface area contributed by atoms with Crippen LogP contribution in [-0.2, 0) is 9.84 Å². The van der Waals surface area contributed by atoms with Crippen molar-refractivity contribution < 1.29 is 13.5 Å². The lowest BCUT2D eigenvalue weighted by molar-refractivity contribution is 0.176. The molecule has 0 aliphatic rings. The fourth-order valence-electron chi connectivity index (χ4n) is 1.20. The summed E-state index contributed by atoms with van der Waals surface area (Å²) >= 11 is 0. The number of benzene rings is 1. The monoisotopic (exact) mass is 229 g/mol. The third-order valence-electron chi connectivity index (χ3n) is 2.40. The first-order valence-corrected chi connectivity index (χ1v) is 6.50. The van der Waals surface area contributed by atoms with E-state index < -0.39 is 21.2 Å². The van der Waals surface area contributed by atoms with Crippen LogP contribution in [-0.4, -0.2) is 25.0 Å². The summed E-state index contributed by atoms with van der Waals surface area (Å²) in [7, 11) is -3.24. The number of hydrogen-bond donors (Lipinski definition) is 2. The van der Waals surface area contributed by atoms with Crippen LogP contribution in [0.3, 0.4) is 0 Å². The molecule has 0 aliphatic heterocycles. The molecule has 0 aliphatic carbocycles. The molecule has 15 heavy (non-hydrogen) atoms. The Morgan fingerprint density at radius 2 is 1.73 bits per heavy atom. The van der Waals surface area contributed by atoms with Crippen LogP contribution in [0.4, 0.5) is 5.69 Å². The summed E-state index contributed by atoms with van der Waals surface area (Å²) < 4.78 is 22.5. The van der Waals surface area contributed by atoms with Crippen molar-refractivity contribution in [1.29, 1.82) is 0 Å². The fourth-order valence-corrected chi connectivity index (χ4v) is 1.82. The van der Waals surface area contributed by atoms with Gasteiger partial charge >= 0.3 is 0 Å². The number of sulfone groups is 1. The maximum absolute atomic E-state index is 11.2. The number of nitrogen functional groups attached to an aromatic ring is 1. The van der Waals surface area contributed by atoms with Crippen LogP contribution >= 0.6 is 0 Å². The molecular weight excluding hydrogens is 214 g/mol. The zero-order chi connectivity index (χ0) is 11.6. The molecule has 0 radical (unpaired) electrons. The van der Waals surface area contributed by atoms with Gasteiger partial charge in [-0.05, 0) is 24.6 Å². The van der Waals surface area contributed by atoms with Crippen LogP contribution < -0.4 is 5.73 Å². The van der Waals surface area contributed by atoms with Gasteiger partial charge < -0.3 is 10.8 Å². The molecule has 5 heteroatoms. The summed E-state index contributed by atoms with van der Waals surface area (Å²) in [6.45, 7) is 1.48. The summed E-state index contributed by atoms with van der Waals surface area (Å²) in [5.74, 6) is 0. The van der Waals surface area contributed by atoms with Gasteiger partial charge in [0.25, 0.3) is 0 Å². The van der Waals surface area contributed by atoms with E-state index in [1.165, 1.54) is 6.92 Å². The van der Waals surface area contributed by atoms with Crippen molar-refractivity contribution in [1.82, 2.24) is 0 Å². The molecule has 4 nitrogen and oxygen atoms in total. The van der Waals surface area contributed by atoms with E-state index in [1.807, 2.05) is 0 Å². The zero-order valence-electron chi connectivity index (χ0n) is 8.71. The first-order valence-electron chi connectivity index (χ1n) is 4.54. The molecule has 0 aromatic heterocycles.